The van der Waals surface area contributed by atoms with Gasteiger partial charge in [-0.2, -0.15) is 0 Å². The van der Waals surface area contributed by atoms with E-state index in [1.165, 1.54) is 0 Å². The summed E-state index contributed by atoms with van der Waals surface area (Å²) in [6, 6.07) is 7.88. The highest BCUT2D eigenvalue weighted by Gasteiger charge is 2.33. The van der Waals surface area contributed by atoms with Crippen molar-refractivity contribution in [2.24, 2.45) is 5.73 Å². The molecule has 0 atom stereocenters. The second kappa shape index (κ2) is 10.9. The summed E-state index contributed by atoms with van der Waals surface area (Å²) in [5, 5.41) is 6.02. The van der Waals surface area contributed by atoms with Crippen LogP contribution < -0.4 is 15.8 Å². The Balaban J connectivity index is 0.00000182. The molecule has 27 heavy (non-hydrogen) atoms. The summed E-state index contributed by atoms with van der Waals surface area (Å²) in [5.74, 6) is 0.863. The molecule has 1 aromatic heterocycles. The number of thiazole rings is 1. The van der Waals surface area contributed by atoms with Gasteiger partial charge < -0.3 is 15.8 Å². The number of aromatic nitrogens is 1. The number of halogens is 2. The molecule has 1 amide bonds. The van der Waals surface area contributed by atoms with Gasteiger partial charge in [-0.3, -0.25) is 4.79 Å². The van der Waals surface area contributed by atoms with Crippen molar-refractivity contribution < 1.29 is 9.53 Å². The maximum atomic E-state index is 12.4. The Kier molecular flexibility index (Phi) is 9.53. The molecule has 1 saturated carbocycles. The smallest absolute Gasteiger partial charge is 0.226 e. The lowest BCUT2D eigenvalue weighted by Crippen LogP contribution is -2.52. The maximum absolute atomic E-state index is 12.4. The molecule has 5 nitrogen and oxygen atoms in total. The lowest BCUT2D eigenvalue weighted by atomic mass is 9.97. The molecule has 1 aliphatic carbocycles. The van der Waals surface area contributed by atoms with Gasteiger partial charge in [0.15, 0.2) is 0 Å². The number of hydrogen-bond acceptors (Lipinski definition) is 5. The molecule has 1 fully saturated rings. The predicted molar refractivity (Wildman–Crippen MR) is 115 cm³/mol. The predicted octanol–water partition coefficient (Wildman–Crippen LogP) is 3.98. The van der Waals surface area contributed by atoms with Crippen LogP contribution in [0.5, 0.6) is 5.75 Å². The van der Waals surface area contributed by atoms with Crippen molar-refractivity contribution in [2.45, 2.75) is 44.6 Å². The number of carbonyl (C=O) groups is 1. The number of nitrogens with one attached hydrogen (secondary N) is 1. The van der Waals surface area contributed by atoms with Crippen LogP contribution in [0.4, 0.5) is 0 Å². The lowest BCUT2D eigenvalue weighted by Gasteiger charge is -2.28. The Bertz CT molecular complexity index is 716. The van der Waals surface area contributed by atoms with Crippen molar-refractivity contribution in [3.05, 3.63) is 35.3 Å². The van der Waals surface area contributed by atoms with Crippen LogP contribution in [0.15, 0.2) is 29.6 Å². The third-order valence-electron chi connectivity index (χ3n) is 4.66. The van der Waals surface area contributed by atoms with Gasteiger partial charge >= 0.3 is 0 Å². The van der Waals surface area contributed by atoms with E-state index < -0.39 is 0 Å². The molecule has 0 radical (unpaired) electrons. The number of benzene rings is 1. The zero-order valence-electron chi connectivity index (χ0n) is 15.4. The summed E-state index contributed by atoms with van der Waals surface area (Å²) in [4.78, 5) is 17.0. The summed E-state index contributed by atoms with van der Waals surface area (Å²) >= 11 is 1.55. The van der Waals surface area contributed by atoms with Crippen LogP contribution in [0.25, 0.3) is 10.6 Å². The zero-order valence-corrected chi connectivity index (χ0v) is 17.9. The van der Waals surface area contributed by atoms with Crippen LogP contribution in [0, 0.1) is 0 Å². The second-order valence-corrected chi connectivity index (χ2v) is 7.38. The fraction of sp³-hybridized carbons (Fsp3) is 0.474. The number of nitrogens with two attached hydrogens (primary N) is 1. The van der Waals surface area contributed by atoms with E-state index in [1.807, 2.05) is 36.6 Å². The van der Waals surface area contributed by atoms with E-state index in [-0.39, 0.29) is 36.3 Å². The molecule has 3 N–H and O–H groups in total. The van der Waals surface area contributed by atoms with Gasteiger partial charge in [0.05, 0.1) is 24.3 Å². The van der Waals surface area contributed by atoms with Crippen LogP contribution >= 0.6 is 36.2 Å². The van der Waals surface area contributed by atoms with E-state index in [9.17, 15) is 4.79 Å². The van der Waals surface area contributed by atoms with Gasteiger partial charge in [0.1, 0.15) is 10.8 Å². The normalized spacial score (nSPS) is 14.7. The van der Waals surface area contributed by atoms with Crippen molar-refractivity contribution >= 4 is 42.1 Å². The van der Waals surface area contributed by atoms with Gasteiger partial charge in [-0.15, -0.1) is 36.2 Å². The summed E-state index contributed by atoms with van der Waals surface area (Å²) in [7, 11) is 0. The topological polar surface area (TPSA) is 77.2 Å². The van der Waals surface area contributed by atoms with Crippen LogP contribution in [0.3, 0.4) is 0 Å². The van der Waals surface area contributed by atoms with Gasteiger partial charge in [-0.1, -0.05) is 12.8 Å². The molecule has 0 spiro atoms. The molecular formula is C19H27Cl2N3O2S. The fourth-order valence-corrected chi connectivity index (χ4v) is 4.14. The van der Waals surface area contributed by atoms with Crippen LogP contribution in [0.1, 0.15) is 38.3 Å². The standard InChI is InChI=1S/C19H25N3O2S.2ClH/c1-2-24-16-7-5-14(6-8-16)18-21-15(12-25-18)11-17(23)22-19(13-20)9-3-4-10-19;;/h5-8,12H,2-4,9-11,13,20H2,1H3,(H,22,23);2*1H. The van der Waals surface area contributed by atoms with E-state index in [0.29, 0.717) is 19.6 Å². The average molecular weight is 432 g/mol. The molecule has 8 heteroatoms. The Morgan fingerprint density at radius 1 is 1.26 bits per heavy atom. The highest BCUT2D eigenvalue weighted by atomic mass is 35.5. The molecule has 0 saturated heterocycles. The number of rotatable bonds is 7. The molecule has 1 heterocycles. The SMILES string of the molecule is CCOc1ccc(-c2nc(CC(=O)NC3(CN)CCCC3)cs2)cc1.Cl.Cl. The van der Waals surface area contributed by atoms with E-state index >= 15 is 0 Å². The fourth-order valence-electron chi connectivity index (χ4n) is 3.32. The molecule has 0 bridgehead atoms. The van der Waals surface area contributed by atoms with E-state index in [2.05, 4.69) is 10.3 Å². The van der Waals surface area contributed by atoms with E-state index in [0.717, 1.165) is 47.7 Å². The van der Waals surface area contributed by atoms with Crippen molar-refractivity contribution in [3.8, 4) is 16.3 Å². The lowest BCUT2D eigenvalue weighted by molar-refractivity contribution is -0.122. The molecular weight excluding hydrogens is 405 g/mol. The quantitative estimate of drug-likeness (QED) is 0.694. The van der Waals surface area contributed by atoms with Crippen molar-refractivity contribution in [2.75, 3.05) is 13.2 Å². The number of ether oxygens (including phenoxy) is 1. The highest BCUT2D eigenvalue weighted by molar-refractivity contribution is 7.13. The highest BCUT2D eigenvalue weighted by Crippen LogP contribution is 2.29. The molecule has 1 aliphatic rings. The third-order valence-corrected chi connectivity index (χ3v) is 5.60. The number of amides is 1. The number of hydrogen-bond donors (Lipinski definition) is 2. The summed E-state index contributed by atoms with van der Waals surface area (Å²) < 4.78 is 5.46. The van der Waals surface area contributed by atoms with Crippen LogP contribution in [0.2, 0.25) is 0 Å². The second-order valence-electron chi connectivity index (χ2n) is 6.52. The first kappa shape index (κ1) is 23.7. The summed E-state index contributed by atoms with van der Waals surface area (Å²) in [5.41, 5.74) is 7.52. The van der Waals surface area contributed by atoms with Gasteiger partial charge in [0.25, 0.3) is 0 Å². The molecule has 0 unspecified atom stereocenters. The zero-order chi connectivity index (χ0) is 17.7. The third kappa shape index (κ3) is 6.07. The molecule has 3 rings (SSSR count). The first-order valence-electron chi connectivity index (χ1n) is 8.83. The minimum atomic E-state index is -0.203. The maximum Gasteiger partial charge on any atom is 0.226 e. The van der Waals surface area contributed by atoms with Crippen molar-refractivity contribution in [1.29, 1.82) is 0 Å². The van der Waals surface area contributed by atoms with Crippen molar-refractivity contribution in [3.63, 3.8) is 0 Å². The first-order chi connectivity index (χ1) is 12.1. The Morgan fingerprint density at radius 2 is 1.93 bits per heavy atom. The number of carbonyl (C=O) groups excluding carboxylic acids is 1. The minimum absolute atomic E-state index is 0. The molecule has 2 aromatic rings. The summed E-state index contributed by atoms with van der Waals surface area (Å²) in [6.45, 7) is 3.12. The largest absolute Gasteiger partial charge is 0.494 e. The van der Waals surface area contributed by atoms with Crippen LogP contribution in [-0.2, 0) is 11.2 Å². The van der Waals surface area contributed by atoms with Gasteiger partial charge in [-0.25, -0.2) is 4.98 Å². The average Bonchev–Trinajstić information content (AvgIpc) is 3.26. The molecule has 150 valence electrons. The molecule has 0 aliphatic heterocycles. The number of nitrogens with zero attached hydrogens (tertiary/aromatic N) is 1. The Morgan fingerprint density at radius 3 is 2.52 bits per heavy atom. The van der Waals surface area contributed by atoms with E-state index in [4.69, 9.17) is 10.5 Å². The minimum Gasteiger partial charge on any atom is -0.494 e. The Labute approximate surface area is 176 Å². The first-order valence-corrected chi connectivity index (χ1v) is 9.71. The Hall–Kier alpha value is -1.34. The van der Waals surface area contributed by atoms with E-state index in [1.54, 1.807) is 11.3 Å². The molecule has 1 aromatic carbocycles. The van der Waals surface area contributed by atoms with Gasteiger partial charge in [-0.05, 0) is 44.0 Å². The van der Waals surface area contributed by atoms with Crippen molar-refractivity contribution in [1.82, 2.24) is 10.3 Å². The van der Waals surface area contributed by atoms with Gasteiger partial charge in [0.2, 0.25) is 5.91 Å². The van der Waals surface area contributed by atoms with Gasteiger partial charge in [0, 0.05) is 17.5 Å². The monoisotopic (exact) mass is 431 g/mol. The summed E-state index contributed by atoms with van der Waals surface area (Å²) in [6.07, 6.45) is 4.52. The van der Waals surface area contributed by atoms with Crippen LogP contribution in [-0.4, -0.2) is 29.6 Å².